The second-order valence-electron chi connectivity index (χ2n) is 9.93. The molecule has 0 radical (unpaired) electrons. The fourth-order valence-corrected chi connectivity index (χ4v) is 6.39. The van der Waals surface area contributed by atoms with E-state index in [0.29, 0.717) is 38.0 Å². The molecule has 3 aromatic rings. The Balaban J connectivity index is 1.18. The second-order valence-corrected chi connectivity index (χ2v) is 11.7. The first-order chi connectivity index (χ1) is 16.9. The van der Waals surface area contributed by atoms with Crippen molar-refractivity contribution in [3.05, 3.63) is 48.4 Å². The minimum atomic E-state index is -3.30. The molecule has 35 heavy (non-hydrogen) atoms. The fourth-order valence-electron chi connectivity index (χ4n) is 5.53. The maximum absolute atomic E-state index is 12.0. The molecule has 1 aliphatic heterocycles. The number of hydrogen-bond donors (Lipinski definition) is 1. The molecule has 1 saturated carbocycles. The number of anilines is 1. The van der Waals surface area contributed by atoms with E-state index in [9.17, 15) is 8.42 Å². The normalized spacial score (nSPS) is 25.7. The SMILES string of the molecule is Cn1ncc2cc(C3CCC(OC[C@@H]4CN(c5ncccn5)CC[C@@H]4NS(C)(=O)=O)CC3)ccc21. The lowest BCUT2D eigenvalue weighted by atomic mass is 9.82. The highest BCUT2D eigenvalue weighted by atomic mass is 32.2. The van der Waals surface area contributed by atoms with E-state index in [-0.39, 0.29) is 18.1 Å². The summed E-state index contributed by atoms with van der Waals surface area (Å²) in [5, 5.41) is 5.55. The van der Waals surface area contributed by atoms with Crippen LogP contribution in [0.2, 0.25) is 0 Å². The Bertz CT molecular complexity index is 1240. The van der Waals surface area contributed by atoms with Crippen molar-refractivity contribution in [3.63, 3.8) is 0 Å². The van der Waals surface area contributed by atoms with Crippen molar-refractivity contribution < 1.29 is 13.2 Å². The standard InChI is InChI=1S/C25H34N6O3S/c1-30-24-9-6-19(14-20(24)15-28-30)18-4-7-22(8-5-18)34-17-21-16-31(25-26-11-3-12-27-25)13-10-23(21)29-35(2,32)33/h3,6,9,11-12,14-15,18,21-23,29H,4-5,7-8,10,13,16-17H2,1-2H3/t18?,21-,22?,23-/m0/s1. The van der Waals surface area contributed by atoms with Crippen molar-refractivity contribution in [3.8, 4) is 0 Å². The molecule has 2 fully saturated rings. The molecule has 1 saturated heterocycles. The third kappa shape index (κ3) is 5.82. The molecule has 5 rings (SSSR count). The Morgan fingerprint density at radius 1 is 1.11 bits per heavy atom. The number of ether oxygens (including phenoxy) is 1. The summed E-state index contributed by atoms with van der Waals surface area (Å²) in [6, 6.07) is 8.33. The molecule has 1 aliphatic carbocycles. The number of nitrogens with one attached hydrogen (secondary N) is 1. The summed E-state index contributed by atoms with van der Waals surface area (Å²) < 4.78 is 35.1. The highest BCUT2D eigenvalue weighted by Gasteiger charge is 2.33. The molecule has 3 heterocycles. The molecule has 1 aromatic carbocycles. The van der Waals surface area contributed by atoms with Gasteiger partial charge in [-0.25, -0.2) is 23.1 Å². The monoisotopic (exact) mass is 498 g/mol. The van der Waals surface area contributed by atoms with Crippen LogP contribution in [0.5, 0.6) is 0 Å². The van der Waals surface area contributed by atoms with Gasteiger partial charge in [0.15, 0.2) is 0 Å². The highest BCUT2D eigenvalue weighted by Crippen LogP contribution is 2.35. The second kappa shape index (κ2) is 10.2. The van der Waals surface area contributed by atoms with Gasteiger partial charge >= 0.3 is 0 Å². The van der Waals surface area contributed by atoms with E-state index in [4.69, 9.17) is 4.74 Å². The number of aromatic nitrogens is 4. The number of hydrogen-bond acceptors (Lipinski definition) is 7. The van der Waals surface area contributed by atoms with Crippen molar-refractivity contribution in [1.82, 2.24) is 24.5 Å². The van der Waals surface area contributed by atoms with Gasteiger partial charge in [-0.15, -0.1) is 0 Å². The van der Waals surface area contributed by atoms with E-state index in [0.717, 1.165) is 31.2 Å². The summed E-state index contributed by atoms with van der Waals surface area (Å²) in [6.45, 7) is 1.89. The Labute approximate surface area is 206 Å². The lowest BCUT2D eigenvalue weighted by molar-refractivity contribution is -0.00217. The van der Waals surface area contributed by atoms with Crippen molar-refractivity contribution >= 4 is 26.9 Å². The lowest BCUT2D eigenvalue weighted by Crippen LogP contribution is -2.53. The van der Waals surface area contributed by atoms with Crippen LogP contribution >= 0.6 is 0 Å². The van der Waals surface area contributed by atoms with Crippen LogP contribution in [0.4, 0.5) is 5.95 Å². The summed E-state index contributed by atoms with van der Waals surface area (Å²) in [6.07, 6.45) is 11.7. The van der Waals surface area contributed by atoms with Gasteiger partial charge < -0.3 is 9.64 Å². The zero-order valence-electron chi connectivity index (χ0n) is 20.4. The number of sulfonamides is 1. The molecular formula is C25H34N6O3S. The van der Waals surface area contributed by atoms with Crippen LogP contribution in [0.3, 0.4) is 0 Å². The molecule has 0 amide bonds. The number of aryl methyl sites for hydroxylation is 1. The lowest BCUT2D eigenvalue weighted by Gasteiger charge is -2.39. The summed E-state index contributed by atoms with van der Waals surface area (Å²) in [5.41, 5.74) is 2.54. The molecule has 9 nitrogen and oxygen atoms in total. The molecule has 2 aliphatic rings. The molecular weight excluding hydrogens is 464 g/mol. The first kappa shape index (κ1) is 24.1. The van der Waals surface area contributed by atoms with E-state index in [2.05, 4.69) is 42.9 Å². The number of fused-ring (bicyclic) bond motifs is 1. The van der Waals surface area contributed by atoms with Gasteiger partial charge in [0.05, 0.1) is 30.7 Å². The van der Waals surface area contributed by atoms with Crippen LogP contribution in [0, 0.1) is 5.92 Å². The Hall–Kier alpha value is -2.56. The molecule has 10 heteroatoms. The van der Waals surface area contributed by atoms with Gasteiger partial charge in [-0.3, -0.25) is 4.68 Å². The van der Waals surface area contributed by atoms with Crippen LogP contribution in [-0.4, -0.2) is 66.3 Å². The number of nitrogens with zero attached hydrogens (tertiary/aromatic N) is 5. The minimum absolute atomic E-state index is 0.0352. The zero-order valence-corrected chi connectivity index (χ0v) is 21.2. The largest absolute Gasteiger partial charge is 0.378 e. The molecule has 188 valence electrons. The third-order valence-electron chi connectivity index (χ3n) is 7.40. The Morgan fingerprint density at radius 2 is 1.89 bits per heavy atom. The van der Waals surface area contributed by atoms with Crippen molar-refractivity contribution in [2.24, 2.45) is 13.0 Å². The third-order valence-corrected chi connectivity index (χ3v) is 8.13. The Kier molecular flexibility index (Phi) is 7.04. The van der Waals surface area contributed by atoms with Gasteiger partial charge in [-0.2, -0.15) is 5.10 Å². The van der Waals surface area contributed by atoms with Crippen LogP contribution in [0.1, 0.15) is 43.6 Å². The van der Waals surface area contributed by atoms with Gasteiger partial charge in [0.2, 0.25) is 16.0 Å². The van der Waals surface area contributed by atoms with Gasteiger partial charge in [-0.1, -0.05) is 6.07 Å². The van der Waals surface area contributed by atoms with Crippen LogP contribution in [0.25, 0.3) is 10.9 Å². The van der Waals surface area contributed by atoms with Crippen LogP contribution in [0.15, 0.2) is 42.9 Å². The van der Waals surface area contributed by atoms with Crippen molar-refractivity contribution in [2.45, 2.75) is 50.2 Å². The van der Waals surface area contributed by atoms with Crippen LogP contribution < -0.4 is 9.62 Å². The smallest absolute Gasteiger partial charge is 0.225 e. The van der Waals surface area contributed by atoms with Crippen LogP contribution in [-0.2, 0) is 21.8 Å². The van der Waals surface area contributed by atoms with Crippen molar-refractivity contribution in [1.29, 1.82) is 0 Å². The summed E-state index contributed by atoms with van der Waals surface area (Å²) in [5.74, 6) is 1.26. The summed E-state index contributed by atoms with van der Waals surface area (Å²) in [4.78, 5) is 10.9. The fraction of sp³-hybridized carbons (Fsp3) is 0.560. The summed E-state index contributed by atoms with van der Waals surface area (Å²) >= 11 is 0. The minimum Gasteiger partial charge on any atom is -0.378 e. The molecule has 0 unspecified atom stereocenters. The number of piperidine rings is 1. The van der Waals surface area contributed by atoms with E-state index in [1.807, 2.05) is 17.9 Å². The average molecular weight is 499 g/mol. The predicted octanol–water partition coefficient (Wildman–Crippen LogP) is 2.85. The molecule has 0 spiro atoms. The van der Waals surface area contributed by atoms with Gasteiger partial charge in [0.1, 0.15) is 0 Å². The van der Waals surface area contributed by atoms with Gasteiger partial charge in [0.25, 0.3) is 0 Å². The number of benzene rings is 1. The molecule has 1 N–H and O–H groups in total. The maximum atomic E-state index is 12.0. The highest BCUT2D eigenvalue weighted by molar-refractivity contribution is 7.88. The predicted molar refractivity (Wildman–Crippen MR) is 136 cm³/mol. The van der Waals surface area contributed by atoms with Crippen molar-refractivity contribution in [2.75, 3.05) is 30.9 Å². The molecule has 2 aromatic heterocycles. The topological polar surface area (TPSA) is 102 Å². The van der Waals surface area contributed by atoms with Gasteiger partial charge in [-0.05, 0) is 61.8 Å². The number of rotatable bonds is 7. The molecule has 0 bridgehead atoms. The maximum Gasteiger partial charge on any atom is 0.225 e. The average Bonchev–Trinajstić information content (AvgIpc) is 3.23. The zero-order chi connectivity index (χ0) is 24.4. The Morgan fingerprint density at radius 3 is 2.63 bits per heavy atom. The quantitative estimate of drug-likeness (QED) is 0.534. The first-order valence-electron chi connectivity index (χ1n) is 12.4. The first-order valence-corrected chi connectivity index (χ1v) is 14.3. The van der Waals surface area contributed by atoms with E-state index >= 15 is 0 Å². The van der Waals surface area contributed by atoms with E-state index in [1.54, 1.807) is 18.5 Å². The van der Waals surface area contributed by atoms with Gasteiger partial charge in [0, 0.05) is 49.9 Å². The van der Waals surface area contributed by atoms with E-state index < -0.39 is 10.0 Å². The molecule has 2 atom stereocenters. The van der Waals surface area contributed by atoms with E-state index in [1.165, 1.54) is 17.2 Å². The summed E-state index contributed by atoms with van der Waals surface area (Å²) in [7, 11) is -1.32.